The molecular weight excluding hydrogens is 212 g/mol. The summed E-state index contributed by atoms with van der Waals surface area (Å²) in [6.45, 7) is 8.06. The third kappa shape index (κ3) is 2.28. The predicted octanol–water partition coefficient (Wildman–Crippen LogP) is 2.31. The monoisotopic (exact) mass is 232 g/mol. The van der Waals surface area contributed by atoms with E-state index in [0.29, 0.717) is 17.5 Å². The normalized spacial score (nSPS) is 24.1. The Morgan fingerprint density at radius 1 is 1.29 bits per heavy atom. The summed E-state index contributed by atoms with van der Waals surface area (Å²) in [7, 11) is 0. The number of anilines is 1. The number of carbonyl (C=O) groups excluding carboxylic acids is 1. The maximum Gasteiger partial charge on any atom is 0.254 e. The van der Waals surface area contributed by atoms with E-state index in [4.69, 9.17) is 5.73 Å². The quantitative estimate of drug-likeness (QED) is 0.755. The van der Waals surface area contributed by atoms with Crippen LogP contribution in [-0.2, 0) is 0 Å². The number of carbonyl (C=O) groups is 1. The Morgan fingerprint density at radius 3 is 2.47 bits per heavy atom. The second kappa shape index (κ2) is 4.40. The van der Waals surface area contributed by atoms with Crippen LogP contribution in [0, 0.1) is 18.8 Å². The van der Waals surface area contributed by atoms with Gasteiger partial charge in [0.1, 0.15) is 0 Å². The molecule has 1 saturated heterocycles. The van der Waals surface area contributed by atoms with Gasteiger partial charge in [0.15, 0.2) is 0 Å². The fraction of sp³-hybridized carbons (Fsp3) is 0.500. The number of amides is 1. The Kier molecular flexibility index (Phi) is 3.09. The summed E-state index contributed by atoms with van der Waals surface area (Å²) in [5, 5.41) is 0. The van der Waals surface area contributed by atoms with Crippen LogP contribution >= 0.6 is 0 Å². The third-order valence-corrected chi connectivity index (χ3v) is 3.77. The molecule has 0 radical (unpaired) electrons. The summed E-state index contributed by atoms with van der Waals surface area (Å²) in [4.78, 5) is 14.3. The van der Waals surface area contributed by atoms with Crippen LogP contribution in [0.3, 0.4) is 0 Å². The first-order chi connectivity index (χ1) is 7.99. The van der Waals surface area contributed by atoms with Crippen molar-refractivity contribution in [2.45, 2.75) is 20.8 Å². The summed E-state index contributed by atoms with van der Waals surface area (Å²) in [5.74, 6) is 1.28. The molecule has 1 aromatic rings. The Labute approximate surface area is 103 Å². The molecule has 92 valence electrons. The van der Waals surface area contributed by atoms with Gasteiger partial charge in [-0.25, -0.2) is 0 Å². The molecule has 1 fully saturated rings. The first-order valence-electron chi connectivity index (χ1n) is 6.14. The van der Waals surface area contributed by atoms with E-state index >= 15 is 0 Å². The standard InChI is InChI=1S/C14H20N2O/c1-9-4-5-12(15)6-13(9)14(17)16-7-10(2)11(3)8-16/h4-6,10-11H,7-8,15H2,1-3H3. The molecule has 2 unspecified atom stereocenters. The first kappa shape index (κ1) is 12.0. The molecule has 0 spiro atoms. The van der Waals surface area contributed by atoms with Gasteiger partial charge in [0.25, 0.3) is 5.91 Å². The molecule has 2 atom stereocenters. The highest BCUT2D eigenvalue weighted by Crippen LogP contribution is 2.25. The molecule has 1 aromatic carbocycles. The molecule has 2 rings (SSSR count). The van der Waals surface area contributed by atoms with Gasteiger partial charge in [0.2, 0.25) is 0 Å². The van der Waals surface area contributed by atoms with Crippen LogP contribution in [0.15, 0.2) is 18.2 Å². The highest BCUT2D eigenvalue weighted by Gasteiger charge is 2.30. The van der Waals surface area contributed by atoms with E-state index in [1.165, 1.54) is 0 Å². The molecule has 1 amide bonds. The van der Waals surface area contributed by atoms with Crippen LogP contribution in [0.2, 0.25) is 0 Å². The van der Waals surface area contributed by atoms with Gasteiger partial charge in [-0.15, -0.1) is 0 Å². The number of hydrogen-bond donors (Lipinski definition) is 1. The van der Waals surface area contributed by atoms with Crippen molar-refractivity contribution in [2.24, 2.45) is 11.8 Å². The van der Waals surface area contributed by atoms with Gasteiger partial charge in [-0.3, -0.25) is 4.79 Å². The zero-order valence-electron chi connectivity index (χ0n) is 10.7. The van der Waals surface area contributed by atoms with Gasteiger partial charge in [0, 0.05) is 24.3 Å². The number of hydrogen-bond acceptors (Lipinski definition) is 2. The van der Waals surface area contributed by atoms with Crippen molar-refractivity contribution in [1.82, 2.24) is 4.90 Å². The lowest BCUT2D eigenvalue weighted by atomic mass is 10.0. The van der Waals surface area contributed by atoms with Crippen molar-refractivity contribution in [1.29, 1.82) is 0 Å². The number of rotatable bonds is 1. The van der Waals surface area contributed by atoms with Crippen molar-refractivity contribution in [3.8, 4) is 0 Å². The number of benzene rings is 1. The SMILES string of the molecule is Cc1ccc(N)cc1C(=O)N1CC(C)C(C)C1. The highest BCUT2D eigenvalue weighted by atomic mass is 16.2. The van der Waals surface area contributed by atoms with Crippen LogP contribution < -0.4 is 5.73 Å². The van der Waals surface area contributed by atoms with E-state index < -0.39 is 0 Å². The lowest BCUT2D eigenvalue weighted by Gasteiger charge is -2.17. The molecule has 0 saturated carbocycles. The lowest BCUT2D eigenvalue weighted by molar-refractivity contribution is 0.0784. The second-order valence-corrected chi connectivity index (χ2v) is 5.24. The average Bonchev–Trinajstić information content (AvgIpc) is 2.62. The van der Waals surface area contributed by atoms with Crippen LogP contribution in [0.5, 0.6) is 0 Å². The third-order valence-electron chi connectivity index (χ3n) is 3.77. The van der Waals surface area contributed by atoms with Gasteiger partial charge >= 0.3 is 0 Å². The zero-order valence-corrected chi connectivity index (χ0v) is 10.7. The van der Waals surface area contributed by atoms with E-state index in [1.807, 2.05) is 24.0 Å². The molecule has 0 aromatic heterocycles. The summed E-state index contributed by atoms with van der Waals surface area (Å²) >= 11 is 0. The van der Waals surface area contributed by atoms with Crippen molar-refractivity contribution >= 4 is 11.6 Å². The van der Waals surface area contributed by atoms with Gasteiger partial charge in [-0.2, -0.15) is 0 Å². The van der Waals surface area contributed by atoms with E-state index in [1.54, 1.807) is 6.07 Å². The van der Waals surface area contributed by atoms with E-state index in [2.05, 4.69) is 13.8 Å². The zero-order chi connectivity index (χ0) is 12.6. The summed E-state index contributed by atoms with van der Waals surface area (Å²) in [6.07, 6.45) is 0. The number of aryl methyl sites for hydroxylation is 1. The van der Waals surface area contributed by atoms with Crippen LogP contribution in [-0.4, -0.2) is 23.9 Å². The minimum absolute atomic E-state index is 0.117. The van der Waals surface area contributed by atoms with Crippen LogP contribution in [0.25, 0.3) is 0 Å². The smallest absolute Gasteiger partial charge is 0.254 e. The Morgan fingerprint density at radius 2 is 1.88 bits per heavy atom. The van der Waals surface area contributed by atoms with Crippen LogP contribution in [0.1, 0.15) is 29.8 Å². The van der Waals surface area contributed by atoms with Crippen molar-refractivity contribution < 1.29 is 4.79 Å². The predicted molar refractivity (Wildman–Crippen MR) is 69.8 cm³/mol. The van der Waals surface area contributed by atoms with E-state index in [9.17, 15) is 4.79 Å². The Bertz CT molecular complexity index is 432. The maximum atomic E-state index is 12.4. The summed E-state index contributed by atoms with van der Waals surface area (Å²) in [6, 6.07) is 5.53. The minimum Gasteiger partial charge on any atom is -0.399 e. The molecule has 0 bridgehead atoms. The fourth-order valence-electron chi connectivity index (χ4n) is 2.34. The topological polar surface area (TPSA) is 46.3 Å². The van der Waals surface area contributed by atoms with Gasteiger partial charge in [-0.05, 0) is 36.5 Å². The molecule has 2 N–H and O–H groups in total. The number of nitrogen functional groups attached to an aromatic ring is 1. The molecule has 17 heavy (non-hydrogen) atoms. The molecular formula is C14H20N2O. The molecule has 3 nitrogen and oxygen atoms in total. The molecule has 1 aliphatic heterocycles. The number of likely N-dealkylation sites (tertiary alicyclic amines) is 1. The highest BCUT2D eigenvalue weighted by molar-refractivity contribution is 5.96. The van der Waals surface area contributed by atoms with Gasteiger partial charge < -0.3 is 10.6 Å². The van der Waals surface area contributed by atoms with Gasteiger partial charge in [0.05, 0.1) is 0 Å². The average molecular weight is 232 g/mol. The Hall–Kier alpha value is -1.51. The van der Waals surface area contributed by atoms with Crippen LogP contribution in [0.4, 0.5) is 5.69 Å². The van der Waals surface area contributed by atoms with Crippen molar-refractivity contribution in [3.63, 3.8) is 0 Å². The van der Waals surface area contributed by atoms with E-state index in [-0.39, 0.29) is 5.91 Å². The fourth-order valence-corrected chi connectivity index (χ4v) is 2.34. The van der Waals surface area contributed by atoms with E-state index in [0.717, 1.165) is 24.2 Å². The first-order valence-corrected chi connectivity index (χ1v) is 6.14. The molecule has 0 aliphatic carbocycles. The number of nitrogens with zero attached hydrogens (tertiary/aromatic N) is 1. The largest absolute Gasteiger partial charge is 0.399 e. The lowest BCUT2D eigenvalue weighted by Crippen LogP contribution is -2.29. The number of nitrogens with two attached hydrogens (primary N) is 1. The van der Waals surface area contributed by atoms with Gasteiger partial charge in [-0.1, -0.05) is 19.9 Å². The summed E-state index contributed by atoms with van der Waals surface area (Å²) in [5.41, 5.74) is 8.14. The molecule has 1 heterocycles. The molecule has 3 heteroatoms. The maximum absolute atomic E-state index is 12.4. The van der Waals surface area contributed by atoms with Crippen molar-refractivity contribution in [2.75, 3.05) is 18.8 Å². The van der Waals surface area contributed by atoms with Crippen molar-refractivity contribution in [3.05, 3.63) is 29.3 Å². The molecule has 1 aliphatic rings. The second-order valence-electron chi connectivity index (χ2n) is 5.24. The minimum atomic E-state index is 0.117. The Balaban J connectivity index is 2.23. The summed E-state index contributed by atoms with van der Waals surface area (Å²) < 4.78 is 0.